The highest BCUT2D eigenvalue weighted by Gasteiger charge is 2.27. The lowest BCUT2D eigenvalue weighted by atomic mass is 9.79. The molecule has 2 heteroatoms. The molecule has 12 heavy (non-hydrogen) atoms. The molecule has 1 aliphatic rings. The van der Waals surface area contributed by atoms with Crippen LogP contribution in [0.2, 0.25) is 0 Å². The fourth-order valence-corrected chi connectivity index (χ4v) is 2.25. The standard InChI is InChI=1S/C10H18O2/c1-2-9(10(11)12)8-6-4-3-5-7-8/h8-9H,2-7H2,1H3,(H,11,12)/t9-/m1/s1. The molecular formula is C10H18O2. The highest BCUT2D eigenvalue weighted by molar-refractivity contribution is 5.70. The van der Waals surface area contributed by atoms with Crippen LogP contribution in [0.3, 0.4) is 0 Å². The van der Waals surface area contributed by atoms with Gasteiger partial charge in [-0.1, -0.05) is 26.2 Å². The highest BCUT2D eigenvalue weighted by Crippen LogP contribution is 2.31. The lowest BCUT2D eigenvalue weighted by molar-refractivity contribution is -0.144. The van der Waals surface area contributed by atoms with Crippen LogP contribution < -0.4 is 0 Å². The van der Waals surface area contributed by atoms with Crippen molar-refractivity contribution in [1.29, 1.82) is 0 Å². The Morgan fingerprint density at radius 3 is 2.42 bits per heavy atom. The first-order valence-electron chi connectivity index (χ1n) is 4.98. The summed E-state index contributed by atoms with van der Waals surface area (Å²) >= 11 is 0. The van der Waals surface area contributed by atoms with E-state index >= 15 is 0 Å². The monoisotopic (exact) mass is 170 g/mol. The van der Waals surface area contributed by atoms with Gasteiger partial charge in [0.25, 0.3) is 0 Å². The van der Waals surface area contributed by atoms with E-state index in [2.05, 4.69) is 0 Å². The van der Waals surface area contributed by atoms with E-state index in [1.807, 2.05) is 6.92 Å². The van der Waals surface area contributed by atoms with Crippen LogP contribution >= 0.6 is 0 Å². The maximum Gasteiger partial charge on any atom is 0.306 e. The molecule has 1 rings (SSSR count). The Kier molecular flexibility index (Phi) is 3.57. The van der Waals surface area contributed by atoms with Crippen molar-refractivity contribution in [2.75, 3.05) is 0 Å². The maximum absolute atomic E-state index is 10.8. The summed E-state index contributed by atoms with van der Waals surface area (Å²) in [6.07, 6.45) is 6.81. The van der Waals surface area contributed by atoms with Gasteiger partial charge in [-0.25, -0.2) is 0 Å². The molecule has 1 saturated carbocycles. The fraction of sp³-hybridized carbons (Fsp3) is 0.900. The molecule has 1 atom stereocenters. The second-order valence-corrected chi connectivity index (χ2v) is 3.75. The molecule has 0 spiro atoms. The normalized spacial score (nSPS) is 22.1. The van der Waals surface area contributed by atoms with Gasteiger partial charge in [0.15, 0.2) is 0 Å². The smallest absolute Gasteiger partial charge is 0.306 e. The third-order valence-electron chi connectivity index (χ3n) is 2.98. The Balaban J connectivity index is 2.46. The molecule has 0 saturated heterocycles. The molecule has 1 aliphatic carbocycles. The molecule has 0 aromatic carbocycles. The molecule has 70 valence electrons. The minimum atomic E-state index is -0.593. The number of carboxylic acid groups (broad SMARTS) is 1. The topological polar surface area (TPSA) is 37.3 Å². The van der Waals surface area contributed by atoms with Crippen molar-refractivity contribution in [3.8, 4) is 0 Å². The van der Waals surface area contributed by atoms with E-state index in [1.165, 1.54) is 19.3 Å². The van der Waals surface area contributed by atoms with Gasteiger partial charge in [-0.3, -0.25) is 4.79 Å². The molecule has 1 N–H and O–H groups in total. The number of hydrogen-bond donors (Lipinski definition) is 1. The first-order chi connectivity index (χ1) is 5.75. The quantitative estimate of drug-likeness (QED) is 0.707. The minimum absolute atomic E-state index is 0.0784. The average Bonchev–Trinajstić information content (AvgIpc) is 2.07. The Morgan fingerprint density at radius 1 is 1.42 bits per heavy atom. The predicted octanol–water partition coefficient (Wildman–Crippen LogP) is 2.68. The SMILES string of the molecule is CC[C@@H](C(=O)O)C1CCCCC1. The Bertz CT molecular complexity index is 148. The Labute approximate surface area is 74.0 Å². The van der Waals surface area contributed by atoms with Gasteiger partial charge >= 0.3 is 5.97 Å². The van der Waals surface area contributed by atoms with Crippen LogP contribution in [-0.2, 0) is 4.79 Å². The van der Waals surface area contributed by atoms with E-state index in [-0.39, 0.29) is 5.92 Å². The molecular weight excluding hydrogens is 152 g/mol. The summed E-state index contributed by atoms with van der Waals surface area (Å²) in [6.45, 7) is 1.98. The van der Waals surface area contributed by atoms with E-state index in [9.17, 15) is 4.79 Å². The van der Waals surface area contributed by atoms with Crippen molar-refractivity contribution < 1.29 is 9.90 Å². The lowest BCUT2D eigenvalue weighted by Gasteiger charge is -2.26. The summed E-state index contributed by atoms with van der Waals surface area (Å²) in [5.74, 6) is -0.212. The zero-order valence-electron chi connectivity index (χ0n) is 7.75. The predicted molar refractivity (Wildman–Crippen MR) is 48.0 cm³/mol. The van der Waals surface area contributed by atoms with Crippen molar-refractivity contribution in [2.24, 2.45) is 11.8 Å². The second-order valence-electron chi connectivity index (χ2n) is 3.75. The summed E-state index contributed by atoms with van der Waals surface area (Å²) in [7, 11) is 0. The summed E-state index contributed by atoms with van der Waals surface area (Å²) in [5, 5.41) is 8.93. The molecule has 0 unspecified atom stereocenters. The van der Waals surface area contributed by atoms with Crippen molar-refractivity contribution in [2.45, 2.75) is 45.4 Å². The van der Waals surface area contributed by atoms with E-state index in [1.54, 1.807) is 0 Å². The largest absolute Gasteiger partial charge is 0.481 e. The number of rotatable bonds is 3. The van der Waals surface area contributed by atoms with Gasteiger partial charge in [0.2, 0.25) is 0 Å². The Hall–Kier alpha value is -0.530. The van der Waals surface area contributed by atoms with Gasteiger partial charge in [-0.2, -0.15) is 0 Å². The van der Waals surface area contributed by atoms with Crippen LogP contribution in [0.1, 0.15) is 45.4 Å². The van der Waals surface area contributed by atoms with Crippen LogP contribution in [0.15, 0.2) is 0 Å². The molecule has 0 aromatic heterocycles. The molecule has 1 fully saturated rings. The van der Waals surface area contributed by atoms with Crippen molar-refractivity contribution in [3.05, 3.63) is 0 Å². The van der Waals surface area contributed by atoms with Crippen molar-refractivity contribution in [1.82, 2.24) is 0 Å². The molecule has 0 bridgehead atoms. The van der Waals surface area contributed by atoms with Crippen LogP contribution in [0, 0.1) is 11.8 Å². The minimum Gasteiger partial charge on any atom is -0.481 e. The third-order valence-corrected chi connectivity index (χ3v) is 2.98. The lowest BCUT2D eigenvalue weighted by Crippen LogP contribution is -2.24. The Morgan fingerprint density at radius 2 is 2.00 bits per heavy atom. The number of hydrogen-bond acceptors (Lipinski definition) is 1. The number of carboxylic acids is 1. The van der Waals surface area contributed by atoms with Gasteiger partial charge in [-0.15, -0.1) is 0 Å². The van der Waals surface area contributed by atoms with Gasteiger partial charge in [0.05, 0.1) is 5.92 Å². The maximum atomic E-state index is 10.8. The van der Waals surface area contributed by atoms with E-state index in [0.717, 1.165) is 19.3 Å². The summed E-state index contributed by atoms with van der Waals surface area (Å²) in [6, 6.07) is 0. The zero-order chi connectivity index (χ0) is 8.97. The zero-order valence-corrected chi connectivity index (χ0v) is 7.75. The van der Waals surface area contributed by atoms with Crippen molar-refractivity contribution >= 4 is 5.97 Å². The molecule has 2 nitrogen and oxygen atoms in total. The molecule has 0 aliphatic heterocycles. The number of carbonyl (C=O) groups is 1. The van der Waals surface area contributed by atoms with Gasteiger partial charge in [-0.05, 0) is 25.2 Å². The fourth-order valence-electron chi connectivity index (χ4n) is 2.25. The van der Waals surface area contributed by atoms with Gasteiger partial charge in [0, 0.05) is 0 Å². The molecule has 0 radical (unpaired) electrons. The van der Waals surface area contributed by atoms with Crippen LogP contribution in [-0.4, -0.2) is 11.1 Å². The van der Waals surface area contributed by atoms with E-state index in [4.69, 9.17) is 5.11 Å². The van der Waals surface area contributed by atoms with Gasteiger partial charge < -0.3 is 5.11 Å². The van der Waals surface area contributed by atoms with E-state index < -0.39 is 5.97 Å². The van der Waals surface area contributed by atoms with E-state index in [0.29, 0.717) is 5.92 Å². The first kappa shape index (κ1) is 9.56. The molecule has 0 aromatic rings. The average molecular weight is 170 g/mol. The number of aliphatic carboxylic acids is 1. The summed E-state index contributed by atoms with van der Waals surface area (Å²) in [4.78, 5) is 10.8. The van der Waals surface area contributed by atoms with Crippen LogP contribution in [0.25, 0.3) is 0 Å². The second kappa shape index (κ2) is 4.48. The summed E-state index contributed by atoms with van der Waals surface area (Å²) in [5.41, 5.74) is 0. The summed E-state index contributed by atoms with van der Waals surface area (Å²) < 4.78 is 0. The van der Waals surface area contributed by atoms with Gasteiger partial charge in [0.1, 0.15) is 0 Å². The van der Waals surface area contributed by atoms with Crippen LogP contribution in [0.5, 0.6) is 0 Å². The third kappa shape index (κ3) is 2.23. The molecule has 0 amide bonds. The van der Waals surface area contributed by atoms with Crippen LogP contribution in [0.4, 0.5) is 0 Å². The van der Waals surface area contributed by atoms with Crippen molar-refractivity contribution in [3.63, 3.8) is 0 Å². The highest BCUT2D eigenvalue weighted by atomic mass is 16.4. The first-order valence-corrected chi connectivity index (χ1v) is 4.98. The molecule has 0 heterocycles.